The zero-order valence-electron chi connectivity index (χ0n) is 10.3. The van der Waals surface area contributed by atoms with Gasteiger partial charge in [0.05, 0.1) is 5.38 Å². The van der Waals surface area contributed by atoms with E-state index in [-0.39, 0.29) is 5.38 Å². The van der Waals surface area contributed by atoms with Crippen LogP contribution in [0.3, 0.4) is 0 Å². The Labute approximate surface area is 98.7 Å². The van der Waals surface area contributed by atoms with Gasteiger partial charge in [-0.3, -0.25) is 0 Å². The molecule has 0 aliphatic heterocycles. The van der Waals surface area contributed by atoms with Crippen molar-refractivity contribution in [2.75, 3.05) is 0 Å². The van der Waals surface area contributed by atoms with Crippen molar-refractivity contribution in [1.29, 1.82) is 0 Å². The Balaban J connectivity index is 3.20. The molecule has 0 saturated carbocycles. The van der Waals surface area contributed by atoms with Gasteiger partial charge in [0.15, 0.2) is 0 Å². The van der Waals surface area contributed by atoms with Crippen molar-refractivity contribution >= 4 is 11.6 Å². The molecule has 0 N–H and O–H groups in total. The van der Waals surface area contributed by atoms with Crippen LogP contribution in [0.4, 0.5) is 0 Å². The maximum atomic E-state index is 6.13. The molecule has 0 aliphatic carbocycles. The maximum Gasteiger partial charge on any atom is 0.0563 e. The van der Waals surface area contributed by atoms with Gasteiger partial charge >= 0.3 is 0 Å². The Morgan fingerprint density at radius 3 is 1.87 bits per heavy atom. The van der Waals surface area contributed by atoms with Gasteiger partial charge in [0.25, 0.3) is 0 Å². The molecule has 1 unspecified atom stereocenters. The smallest absolute Gasteiger partial charge is 0.0563 e. The van der Waals surface area contributed by atoms with Crippen molar-refractivity contribution in [2.24, 2.45) is 0 Å². The molecule has 1 radical (unpaired) electrons. The van der Waals surface area contributed by atoms with Gasteiger partial charge in [-0.2, -0.15) is 0 Å². The number of benzene rings is 1. The van der Waals surface area contributed by atoms with Gasteiger partial charge < -0.3 is 0 Å². The highest BCUT2D eigenvalue weighted by Gasteiger charge is 2.10. The average molecular weight is 224 g/mol. The summed E-state index contributed by atoms with van der Waals surface area (Å²) < 4.78 is 0. The first kappa shape index (κ1) is 12.6. The van der Waals surface area contributed by atoms with Crippen molar-refractivity contribution in [1.82, 2.24) is 0 Å². The summed E-state index contributed by atoms with van der Waals surface area (Å²) in [5.41, 5.74) is 3.75. The summed E-state index contributed by atoms with van der Waals surface area (Å²) in [4.78, 5) is 0. The van der Waals surface area contributed by atoms with Crippen LogP contribution in [0, 0.1) is 6.07 Å². The van der Waals surface area contributed by atoms with E-state index in [1.165, 1.54) is 11.1 Å². The second-order valence-electron chi connectivity index (χ2n) is 4.75. The van der Waals surface area contributed by atoms with E-state index < -0.39 is 0 Å². The normalized spacial score (nSPS) is 13.6. The van der Waals surface area contributed by atoms with Crippen LogP contribution in [0.25, 0.3) is 0 Å². The highest BCUT2D eigenvalue weighted by atomic mass is 35.5. The van der Waals surface area contributed by atoms with Crippen LogP contribution in [0.5, 0.6) is 0 Å². The fourth-order valence-corrected chi connectivity index (χ4v) is 1.62. The SMILES string of the molecule is CC(C)c1[c]c(C(C)Cl)cc(C(C)C)c1. The second kappa shape index (κ2) is 5.03. The number of alkyl halides is 1. The highest BCUT2D eigenvalue weighted by Crippen LogP contribution is 2.28. The molecule has 0 aromatic heterocycles. The van der Waals surface area contributed by atoms with E-state index in [9.17, 15) is 0 Å². The van der Waals surface area contributed by atoms with E-state index in [4.69, 9.17) is 11.6 Å². The fraction of sp³-hybridized carbons (Fsp3) is 0.571. The minimum Gasteiger partial charge on any atom is -0.118 e. The quantitative estimate of drug-likeness (QED) is 0.631. The van der Waals surface area contributed by atoms with Gasteiger partial charge in [-0.1, -0.05) is 39.8 Å². The zero-order valence-corrected chi connectivity index (χ0v) is 11.0. The standard InChI is InChI=1S/C14H20Cl/c1-9(2)12-6-13(10(3)4)8-14(7-12)11(5)15/h6-7,9-11H,1-5H3. The van der Waals surface area contributed by atoms with Gasteiger partial charge in [-0.25, -0.2) is 0 Å². The maximum absolute atomic E-state index is 6.13. The number of halogens is 1. The molecule has 0 bridgehead atoms. The fourth-order valence-electron chi connectivity index (χ4n) is 1.50. The van der Waals surface area contributed by atoms with Gasteiger partial charge in [-0.05, 0) is 41.5 Å². The van der Waals surface area contributed by atoms with Gasteiger partial charge in [-0.15, -0.1) is 11.6 Å². The van der Waals surface area contributed by atoms with E-state index in [0.29, 0.717) is 11.8 Å². The predicted octanol–water partition coefficient (Wildman–Crippen LogP) is 5.03. The van der Waals surface area contributed by atoms with Crippen molar-refractivity contribution in [3.63, 3.8) is 0 Å². The third-order valence-corrected chi connectivity index (χ3v) is 2.89. The van der Waals surface area contributed by atoms with Gasteiger partial charge in [0, 0.05) is 0 Å². The van der Waals surface area contributed by atoms with Crippen LogP contribution in [-0.4, -0.2) is 0 Å². The lowest BCUT2D eigenvalue weighted by atomic mass is 9.92. The third-order valence-electron chi connectivity index (χ3n) is 2.65. The molecule has 0 saturated heterocycles. The molecule has 1 rings (SSSR count). The first-order valence-corrected chi connectivity index (χ1v) is 6.06. The van der Waals surface area contributed by atoms with Crippen LogP contribution < -0.4 is 0 Å². The number of hydrogen-bond donors (Lipinski definition) is 0. The van der Waals surface area contributed by atoms with E-state index in [2.05, 4.69) is 45.9 Å². The van der Waals surface area contributed by atoms with E-state index in [1.807, 2.05) is 6.92 Å². The lowest BCUT2D eigenvalue weighted by molar-refractivity contribution is 0.824. The van der Waals surface area contributed by atoms with Crippen LogP contribution in [0.1, 0.15) is 68.5 Å². The van der Waals surface area contributed by atoms with Crippen LogP contribution in [0.2, 0.25) is 0 Å². The minimum atomic E-state index is 0.0428. The first-order valence-electron chi connectivity index (χ1n) is 5.63. The van der Waals surface area contributed by atoms with Crippen LogP contribution >= 0.6 is 11.6 Å². The lowest BCUT2D eigenvalue weighted by Crippen LogP contribution is -1.97. The average Bonchev–Trinajstić information content (AvgIpc) is 2.16. The van der Waals surface area contributed by atoms with E-state index in [1.54, 1.807) is 0 Å². The zero-order chi connectivity index (χ0) is 11.6. The minimum absolute atomic E-state index is 0.0428. The highest BCUT2D eigenvalue weighted by molar-refractivity contribution is 6.20. The summed E-state index contributed by atoms with van der Waals surface area (Å²) in [6.45, 7) is 10.8. The molecule has 1 atom stereocenters. The van der Waals surface area contributed by atoms with Gasteiger partial charge in [0.2, 0.25) is 0 Å². The Morgan fingerprint density at radius 1 is 0.933 bits per heavy atom. The topological polar surface area (TPSA) is 0 Å². The molecule has 0 spiro atoms. The molecule has 15 heavy (non-hydrogen) atoms. The Kier molecular flexibility index (Phi) is 4.21. The van der Waals surface area contributed by atoms with Crippen molar-refractivity contribution in [3.8, 4) is 0 Å². The summed E-state index contributed by atoms with van der Waals surface area (Å²) in [6.07, 6.45) is 0. The second-order valence-corrected chi connectivity index (χ2v) is 5.40. The summed E-state index contributed by atoms with van der Waals surface area (Å²) in [6, 6.07) is 7.83. The monoisotopic (exact) mass is 223 g/mol. The van der Waals surface area contributed by atoms with E-state index in [0.717, 1.165) is 5.56 Å². The molecule has 0 amide bonds. The Bertz CT molecular complexity index is 259. The number of rotatable bonds is 3. The predicted molar refractivity (Wildman–Crippen MR) is 67.7 cm³/mol. The summed E-state index contributed by atoms with van der Waals surface area (Å²) in [5.74, 6) is 1.06. The molecule has 1 heteroatoms. The largest absolute Gasteiger partial charge is 0.118 e. The van der Waals surface area contributed by atoms with Crippen LogP contribution in [0.15, 0.2) is 12.1 Å². The lowest BCUT2D eigenvalue weighted by Gasteiger charge is -2.14. The molecule has 0 aliphatic rings. The molecule has 83 valence electrons. The van der Waals surface area contributed by atoms with E-state index >= 15 is 0 Å². The van der Waals surface area contributed by atoms with Crippen molar-refractivity contribution < 1.29 is 0 Å². The molecule has 0 heterocycles. The summed E-state index contributed by atoms with van der Waals surface area (Å²) in [7, 11) is 0. The molecule has 1 aromatic rings. The van der Waals surface area contributed by atoms with Gasteiger partial charge in [0.1, 0.15) is 0 Å². The number of hydrogen-bond acceptors (Lipinski definition) is 0. The molecule has 1 aromatic carbocycles. The summed E-state index contributed by atoms with van der Waals surface area (Å²) in [5, 5.41) is 0.0428. The first-order chi connectivity index (χ1) is 6.91. The third kappa shape index (κ3) is 3.24. The molecular formula is C14H20Cl. The molecule has 0 fully saturated rings. The Hall–Kier alpha value is -0.490. The van der Waals surface area contributed by atoms with Crippen molar-refractivity contribution in [3.05, 3.63) is 34.9 Å². The Morgan fingerprint density at radius 2 is 1.47 bits per heavy atom. The summed E-state index contributed by atoms with van der Waals surface area (Å²) >= 11 is 6.13. The van der Waals surface area contributed by atoms with Crippen molar-refractivity contribution in [2.45, 2.75) is 51.8 Å². The van der Waals surface area contributed by atoms with Crippen LogP contribution in [-0.2, 0) is 0 Å². The molecule has 0 nitrogen and oxygen atoms in total. The molecular weight excluding hydrogens is 204 g/mol.